The molecule has 1 unspecified atom stereocenters. The van der Waals surface area contributed by atoms with Gasteiger partial charge in [-0.3, -0.25) is 4.79 Å². The minimum atomic E-state index is -1.04. The molecule has 0 fully saturated rings. The molecular weight excluding hydrogens is 432 g/mol. The predicted octanol–water partition coefficient (Wildman–Crippen LogP) is 4.65. The third-order valence-corrected chi connectivity index (χ3v) is 5.67. The topological polar surface area (TPSA) is 105 Å². The van der Waals surface area contributed by atoms with E-state index in [2.05, 4.69) is 22.8 Å². The van der Waals surface area contributed by atoms with Crippen molar-refractivity contribution in [1.82, 2.24) is 5.32 Å². The number of aliphatic carboxylic acids is 1. The van der Waals surface area contributed by atoms with Crippen molar-refractivity contribution in [2.24, 2.45) is 0 Å². The van der Waals surface area contributed by atoms with E-state index < -0.39 is 24.0 Å². The molecule has 1 aliphatic rings. The highest BCUT2D eigenvalue weighted by molar-refractivity contribution is 5.96. The van der Waals surface area contributed by atoms with E-state index >= 15 is 0 Å². The average Bonchev–Trinajstić information content (AvgIpc) is 3.16. The summed E-state index contributed by atoms with van der Waals surface area (Å²) in [5, 5.41) is 14.0. The first-order chi connectivity index (χ1) is 16.4. The molecule has 0 radical (unpaired) electrons. The molecule has 7 heteroatoms. The number of nitrogens with one attached hydrogen (secondary N) is 2. The van der Waals surface area contributed by atoms with Crippen LogP contribution in [-0.2, 0) is 14.3 Å². The maximum atomic E-state index is 12.5. The number of carbonyl (C=O) groups is 3. The average molecular weight is 456 g/mol. The summed E-state index contributed by atoms with van der Waals surface area (Å²) in [6.07, 6.45) is 1.82. The summed E-state index contributed by atoms with van der Waals surface area (Å²) < 4.78 is 5.49. The quantitative estimate of drug-likeness (QED) is 0.449. The van der Waals surface area contributed by atoms with Gasteiger partial charge >= 0.3 is 12.1 Å². The Bertz CT molecular complexity index is 1200. The first-order valence-electron chi connectivity index (χ1n) is 10.9. The van der Waals surface area contributed by atoms with Crippen LogP contribution in [0.25, 0.3) is 17.2 Å². The van der Waals surface area contributed by atoms with Crippen molar-refractivity contribution in [2.75, 3.05) is 11.9 Å². The molecule has 3 aromatic carbocycles. The highest BCUT2D eigenvalue weighted by Gasteiger charge is 2.29. The molecule has 172 valence electrons. The second kappa shape index (κ2) is 10.0. The molecule has 0 aromatic heterocycles. The molecule has 0 saturated carbocycles. The van der Waals surface area contributed by atoms with E-state index in [0.717, 1.165) is 28.3 Å². The third-order valence-electron chi connectivity index (χ3n) is 5.67. The number of carboxylic acids is 1. The summed E-state index contributed by atoms with van der Waals surface area (Å²) in [5.41, 5.74) is 5.73. The van der Waals surface area contributed by atoms with Gasteiger partial charge in [0.15, 0.2) is 0 Å². The van der Waals surface area contributed by atoms with Gasteiger partial charge in [0, 0.05) is 17.7 Å². The molecule has 0 saturated heterocycles. The normalized spacial score (nSPS) is 13.1. The third kappa shape index (κ3) is 5.15. The molecule has 1 atom stereocenters. The summed E-state index contributed by atoms with van der Waals surface area (Å²) in [4.78, 5) is 35.4. The molecule has 1 aliphatic carbocycles. The van der Waals surface area contributed by atoms with Crippen LogP contribution in [0.4, 0.5) is 10.5 Å². The van der Waals surface area contributed by atoms with Crippen LogP contribution in [0.15, 0.2) is 78.9 Å². The Kier molecular flexibility index (Phi) is 6.73. The lowest BCUT2D eigenvalue weighted by Gasteiger charge is -2.17. The van der Waals surface area contributed by atoms with Crippen LogP contribution in [0.2, 0.25) is 0 Å². The van der Waals surface area contributed by atoms with Gasteiger partial charge in [-0.1, -0.05) is 60.7 Å². The van der Waals surface area contributed by atoms with Crippen molar-refractivity contribution in [1.29, 1.82) is 0 Å². The Balaban J connectivity index is 1.31. The molecule has 4 rings (SSSR count). The molecule has 3 N–H and O–H groups in total. The largest absolute Gasteiger partial charge is 0.478 e. The Hall–Kier alpha value is -4.39. The number of fused-ring (bicyclic) bond motifs is 3. The van der Waals surface area contributed by atoms with Crippen molar-refractivity contribution < 1.29 is 24.2 Å². The number of rotatable bonds is 7. The van der Waals surface area contributed by atoms with Crippen molar-refractivity contribution >= 4 is 29.7 Å². The molecule has 0 bridgehead atoms. The minimum Gasteiger partial charge on any atom is -0.478 e. The number of hydrogen-bond donors (Lipinski definition) is 3. The van der Waals surface area contributed by atoms with Gasteiger partial charge in [0.1, 0.15) is 12.6 Å². The van der Waals surface area contributed by atoms with Crippen LogP contribution in [0, 0.1) is 0 Å². The Labute approximate surface area is 197 Å². The number of benzene rings is 3. The maximum Gasteiger partial charge on any atom is 0.407 e. The maximum absolute atomic E-state index is 12.5. The minimum absolute atomic E-state index is 0.0593. The van der Waals surface area contributed by atoms with Crippen LogP contribution in [0.3, 0.4) is 0 Å². The number of alkyl carbamates (subject to hydrolysis) is 1. The molecular formula is C27H24N2O5. The molecule has 7 nitrogen and oxygen atoms in total. The van der Waals surface area contributed by atoms with Crippen molar-refractivity contribution in [3.63, 3.8) is 0 Å². The van der Waals surface area contributed by atoms with E-state index in [9.17, 15) is 14.4 Å². The standard InChI is InChI=1S/C27H24N2O5/c1-17(26(32)29-19-13-10-18(11-14-19)12-15-25(30)31)28-27(33)34-16-24-22-8-4-2-6-20(22)21-7-3-5-9-23(21)24/h2-15,17,24H,16H2,1H3,(H,28,33)(H,29,32)(H,30,31)/b15-12+. The molecule has 0 heterocycles. The van der Waals surface area contributed by atoms with Crippen molar-refractivity contribution in [2.45, 2.75) is 18.9 Å². The summed E-state index contributed by atoms with van der Waals surface area (Å²) in [6.45, 7) is 1.74. The summed E-state index contributed by atoms with van der Waals surface area (Å²) in [5.74, 6) is -1.50. The van der Waals surface area contributed by atoms with E-state index in [1.54, 1.807) is 31.2 Å². The predicted molar refractivity (Wildman–Crippen MR) is 129 cm³/mol. The zero-order chi connectivity index (χ0) is 24.1. The summed E-state index contributed by atoms with van der Waals surface area (Å²) in [7, 11) is 0. The monoisotopic (exact) mass is 456 g/mol. The zero-order valence-electron chi connectivity index (χ0n) is 18.5. The van der Waals surface area contributed by atoms with Gasteiger partial charge in [-0.05, 0) is 52.9 Å². The van der Waals surface area contributed by atoms with Crippen molar-refractivity contribution in [3.8, 4) is 11.1 Å². The van der Waals surface area contributed by atoms with Crippen LogP contribution in [0.1, 0.15) is 29.5 Å². The lowest BCUT2D eigenvalue weighted by Crippen LogP contribution is -2.42. The fraction of sp³-hybridized carbons (Fsp3) is 0.148. The van der Waals surface area contributed by atoms with Crippen LogP contribution in [0.5, 0.6) is 0 Å². The highest BCUT2D eigenvalue weighted by Crippen LogP contribution is 2.44. The second-order valence-electron chi connectivity index (χ2n) is 7.97. The van der Waals surface area contributed by atoms with E-state index in [-0.39, 0.29) is 12.5 Å². The molecule has 0 spiro atoms. The van der Waals surface area contributed by atoms with Gasteiger partial charge in [0.05, 0.1) is 0 Å². The Morgan fingerprint density at radius 2 is 1.53 bits per heavy atom. The second-order valence-corrected chi connectivity index (χ2v) is 7.97. The number of hydrogen-bond acceptors (Lipinski definition) is 4. The van der Waals surface area contributed by atoms with Gasteiger partial charge in [-0.15, -0.1) is 0 Å². The van der Waals surface area contributed by atoms with Gasteiger partial charge < -0.3 is 20.5 Å². The van der Waals surface area contributed by atoms with Gasteiger partial charge in [0.25, 0.3) is 0 Å². The molecule has 2 amide bonds. The first-order valence-corrected chi connectivity index (χ1v) is 10.9. The number of carbonyl (C=O) groups excluding carboxylic acids is 2. The number of amides is 2. The number of carboxylic acid groups (broad SMARTS) is 1. The van der Waals surface area contributed by atoms with Gasteiger partial charge in [-0.2, -0.15) is 0 Å². The fourth-order valence-corrected chi connectivity index (χ4v) is 3.98. The number of ether oxygens (including phenoxy) is 1. The fourth-order valence-electron chi connectivity index (χ4n) is 3.98. The first kappa shape index (κ1) is 22.8. The van der Waals surface area contributed by atoms with Crippen LogP contribution < -0.4 is 10.6 Å². The van der Waals surface area contributed by atoms with Gasteiger partial charge in [0.2, 0.25) is 5.91 Å². The Morgan fingerprint density at radius 3 is 2.12 bits per heavy atom. The highest BCUT2D eigenvalue weighted by atomic mass is 16.5. The van der Waals surface area contributed by atoms with Crippen LogP contribution in [-0.4, -0.2) is 35.7 Å². The summed E-state index contributed by atoms with van der Waals surface area (Å²) >= 11 is 0. The van der Waals surface area contributed by atoms with Crippen molar-refractivity contribution in [3.05, 3.63) is 95.6 Å². The van der Waals surface area contributed by atoms with E-state index in [4.69, 9.17) is 9.84 Å². The smallest absolute Gasteiger partial charge is 0.407 e. The molecule has 0 aliphatic heterocycles. The summed E-state index contributed by atoms with van der Waals surface area (Å²) in [6, 6.07) is 22.0. The lowest BCUT2D eigenvalue weighted by atomic mass is 9.98. The lowest BCUT2D eigenvalue weighted by molar-refractivity contribution is -0.131. The van der Waals surface area contributed by atoms with Gasteiger partial charge in [-0.25, -0.2) is 9.59 Å². The van der Waals surface area contributed by atoms with E-state index in [1.165, 1.54) is 6.08 Å². The van der Waals surface area contributed by atoms with E-state index in [1.807, 2.05) is 36.4 Å². The molecule has 34 heavy (non-hydrogen) atoms. The SMILES string of the molecule is CC(NC(=O)OCC1c2ccccc2-c2ccccc21)C(=O)Nc1ccc(/C=C/C(=O)O)cc1. The number of anilines is 1. The van der Waals surface area contributed by atoms with Crippen LogP contribution >= 0.6 is 0 Å². The zero-order valence-corrected chi connectivity index (χ0v) is 18.5. The van der Waals surface area contributed by atoms with E-state index in [0.29, 0.717) is 11.3 Å². The Morgan fingerprint density at radius 1 is 0.941 bits per heavy atom. The molecule has 3 aromatic rings.